The lowest BCUT2D eigenvalue weighted by Crippen LogP contribution is -2.20. The minimum Gasteiger partial charge on any atom is -0.484 e. The third kappa shape index (κ3) is 3.34. The van der Waals surface area contributed by atoms with E-state index in [2.05, 4.69) is 10.4 Å². The summed E-state index contributed by atoms with van der Waals surface area (Å²) in [6, 6.07) is 13.8. The molecule has 3 rings (SSSR count). The number of hydrogen-bond acceptors (Lipinski definition) is 3. The van der Waals surface area contributed by atoms with Crippen molar-refractivity contribution in [3.8, 4) is 5.75 Å². The van der Waals surface area contributed by atoms with Crippen molar-refractivity contribution < 1.29 is 9.53 Å². The second-order valence-corrected chi connectivity index (χ2v) is 5.31. The molecule has 23 heavy (non-hydrogen) atoms. The molecule has 0 aliphatic carbocycles. The van der Waals surface area contributed by atoms with E-state index in [1.54, 1.807) is 6.20 Å². The van der Waals surface area contributed by atoms with E-state index in [-0.39, 0.29) is 12.5 Å². The Morgan fingerprint density at radius 1 is 1.22 bits per heavy atom. The largest absolute Gasteiger partial charge is 0.484 e. The number of nitrogens with one attached hydrogen (secondary N) is 1. The van der Waals surface area contributed by atoms with Gasteiger partial charge in [-0.15, -0.1) is 0 Å². The van der Waals surface area contributed by atoms with Crippen LogP contribution in [0.5, 0.6) is 5.75 Å². The number of aromatic nitrogens is 2. The van der Waals surface area contributed by atoms with E-state index in [0.29, 0.717) is 5.75 Å². The first-order valence-corrected chi connectivity index (χ1v) is 7.61. The molecule has 1 amide bonds. The van der Waals surface area contributed by atoms with Crippen LogP contribution < -0.4 is 10.1 Å². The molecule has 1 aromatic heterocycles. The smallest absolute Gasteiger partial charge is 0.262 e. The van der Waals surface area contributed by atoms with Gasteiger partial charge in [0.2, 0.25) is 0 Å². The predicted octanol–water partition coefficient (Wildman–Crippen LogP) is 3.38. The highest BCUT2D eigenvalue weighted by Gasteiger charge is 2.09. The quantitative estimate of drug-likeness (QED) is 0.786. The van der Waals surface area contributed by atoms with Gasteiger partial charge in [0.25, 0.3) is 5.91 Å². The number of hydrogen-bond donors (Lipinski definition) is 1. The topological polar surface area (TPSA) is 56.2 Å². The second kappa shape index (κ2) is 6.52. The number of fused-ring (bicyclic) bond motifs is 1. The summed E-state index contributed by atoms with van der Waals surface area (Å²) in [7, 11) is 0. The molecule has 0 aliphatic rings. The first-order chi connectivity index (χ1) is 11.2. The van der Waals surface area contributed by atoms with Gasteiger partial charge >= 0.3 is 0 Å². The van der Waals surface area contributed by atoms with Gasteiger partial charge in [-0.05, 0) is 36.8 Å². The summed E-state index contributed by atoms with van der Waals surface area (Å²) in [5.74, 6) is 0.483. The van der Waals surface area contributed by atoms with Crippen LogP contribution in [0.25, 0.3) is 10.8 Å². The van der Waals surface area contributed by atoms with Crippen LogP contribution in [-0.4, -0.2) is 22.3 Å². The Morgan fingerprint density at radius 2 is 2.00 bits per heavy atom. The van der Waals surface area contributed by atoms with Crippen LogP contribution in [0.3, 0.4) is 0 Å². The minimum atomic E-state index is -0.197. The van der Waals surface area contributed by atoms with Crippen molar-refractivity contribution in [2.75, 3.05) is 11.9 Å². The number of carbonyl (C=O) groups is 1. The summed E-state index contributed by atoms with van der Waals surface area (Å²) in [5.41, 5.74) is 1.66. The van der Waals surface area contributed by atoms with E-state index < -0.39 is 0 Å². The van der Waals surface area contributed by atoms with Gasteiger partial charge in [-0.1, -0.05) is 30.3 Å². The molecule has 5 heteroatoms. The fourth-order valence-electron chi connectivity index (χ4n) is 2.48. The van der Waals surface area contributed by atoms with Gasteiger partial charge in [-0.3, -0.25) is 9.48 Å². The molecule has 3 aromatic rings. The zero-order chi connectivity index (χ0) is 16.2. The van der Waals surface area contributed by atoms with Crippen molar-refractivity contribution in [2.24, 2.45) is 0 Å². The molecule has 2 aromatic carbocycles. The Bertz CT molecular complexity index is 839. The zero-order valence-corrected chi connectivity index (χ0v) is 13.2. The summed E-state index contributed by atoms with van der Waals surface area (Å²) >= 11 is 0. The highest BCUT2D eigenvalue weighted by Crippen LogP contribution is 2.20. The molecule has 0 unspecified atom stereocenters. The number of amides is 1. The molecule has 0 fully saturated rings. The molecule has 0 aliphatic heterocycles. The number of nitrogens with zero attached hydrogens (tertiary/aromatic N) is 2. The van der Waals surface area contributed by atoms with Gasteiger partial charge in [0, 0.05) is 6.54 Å². The van der Waals surface area contributed by atoms with Gasteiger partial charge in [0.05, 0.1) is 17.6 Å². The van der Waals surface area contributed by atoms with Crippen LogP contribution in [0.4, 0.5) is 5.69 Å². The molecule has 1 N–H and O–H groups in total. The Kier molecular flexibility index (Phi) is 4.28. The van der Waals surface area contributed by atoms with Crippen molar-refractivity contribution in [2.45, 2.75) is 20.4 Å². The van der Waals surface area contributed by atoms with Crippen LogP contribution >= 0.6 is 0 Å². The third-order valence-electron chi connectivity index (χ3n) is 3.77. The normalized spacial score (nSPS) is 10.7. The fraction of sp³-hybridized carbons (Fsp3) is 0.222. The van der Waals surface area contributed by atoms with Crippen LogP contribution in [0.15, 0.2) is 48.7 Å². The molecule has 0 saturated carbocycles. The summed E-state index contributed by atoms with van der Waals surface area (Å²) < 4.78 is 7.41. The molecule has 0 saturated heterocycles. The molecular weight excluding hydrogens is 290 g/mol. The van der Waals surface area contributed by atoms with Crippen LogP contribution in [0.1, 0.15) is 12.6 Å². The molecule has 5 nitrogen and oxygen atoms in total. The zero-order valence-electron chi connectivity index (χ0n) is 13.2. The van der Waals surface area contributed by atoms with Crippen molar-refractivity contribution >= 4 is 22.4 Å². The summed E-state index contributed by atoms with van der Waals surface area (Å²) in [4.78, 5) is 12.0. The van der Waals surface area contributed by atoms with Crippen molar-refractivity contribution in [3.05, 3.63) is 54.4 Å². The van der Waals surface area contributed by atoms with Crippen LogP contribution in [0, 0.1) is 6.92 Å². The first kappa shape index (κ1) is 15.1. The number of anilines is 1. The molecule has 118 valence electrons. The summed E-state index contributed by atoms with van der Waals surface area (Å²) in [6.45, 7) is 4.68. The SMILES string of the molecule is CCn1ncc(NC(=O)COc2ccc3ccccc3c2)c1C. The minimum absolute atomic E-state index is 0.0327. The van der Waals surface area contributed by atoms with E-state index in [9.17, 15) is 4.79 Å². The number of aryl methyl sites for hydroxylation is 1. The lowest BCUT2D eigenvalue weighted by atomic mass is 10.1. The van der Waals surface area contributed by atoms with Gasteiger partial charge < -0.3 is 10.1 Å². The Hall–Kier alpha value is -2.82. The van der Waals surface area contributed by atoms with Gasteiger partial charge in [0.15, 0.2) is 6.61 Å². The van der Waals surface area contributed by atoms with E-state index in [0.717, 1.165) is 28.7 Å². The van der Waals surface area contributed by atoms with Crippen LogP contribution in [0.2, 0.25) is 0 Å². The Morgan fingerprint density at radius 3 is 2.74 bits per heavy atom. The molecule has 0 spiro atoms. The monoisotopic (exact) mass is 309 g/mol. The summed E-state index contributed by atoms with van der Waals surface area (Å²) in [6.07, 6.45) is 1.66. The number of carbonyl (C=O) groups excluding carboxylic acids is 1. The van der Waals surface area contributed by atoms with Crippen molar-refractivity contribution in [1.29, 1.82) is 0 Å². The maximum Gasteiger partial charge on any atom is 0.262 e. The van der Waals surface area contributed by atoms with Crippen molar-refractivity contribution in [3.63, 3.8) is 0 Å². The molecule has 0 bridgehead atoms. The summed E-state index contributed by atoms with van der Waals surface area (Å²) in [5, 5.41) is 9.26. The Balaban J connectivity index is 1.62. The van der Waals surface area contributed by atoms with E-state index in [1.165, 1.54) is 0 Å². The van der Waals surface area contributed by atoms with Gasteiger partial charge in [-0.25, -0.2) is 0 Å². The third-order valence-corrected chi connectivity index (χ3v) is 3.77. The van der Waals surface area contributed by atoms with E-state index >= 15 is 0 Å². The number of ether oxygens (including phenoxy) is 1. The highest BCUT2D eigenvalue weighted by molar-refractivity contribution is 5.92. The van der Waals surface area contributed by atoms with Crippen LogP contribution in [-0.2, 0) is 11.3 Å². The average Bonchev–Trinajstić information content (AvgIpc) is 2.93. The first-order valence-electron chi connectivity index (χ1n) is 7.61. The molecule has 1 heterocycles. The standard InChI is InChI=1S/C18H19N3O2/c1-3-21-13(2)17(11-19-21)20-18(22)12-23-16-9-8-14-6-4-5-7-15(14)10-16/h4-11H,3,12H2,1-2H3,(H,20,22). The fourth-order valence-corrected chi connectivity index (χ4v) is 2.48. The predicted molar refractivity (Wildman–Crippen MR) is 90.7 cm³/mol. The molecule has 0 atom stereocenters. The van der Waals surface area contributed by atoms with Gasteiger partial charge in [0.1, 0.15) is 5.75 Å². The number of benzene rings is 2. The lowest BCUT2D eigenvalue weighted by Gasteiger charge is -2.08. The lowest BCUT2D eigenvalue weighted by molar-refractivity contribution is -0.118. The highest BCUT2D eigenvalue weighted by atomic mass is 16.5. The maximum absolute atomic E-state index is 12.0. The van der Waals surface area contributed by atoms with Crippen molar-refractivity contribution in [1.82, 2.24) is 9.78 Å². The van der Waals surface area contributed by atoms with E-state index in [4.69, 9.17) is 4.74 Å². The van der Waals surface area contributed by atoms with Gasteiger partial charge in [-0.2, -0.15) is 5.10 Å². The Labute approximate surface area is 134 Å². The molecular formula is C18H19N3O2. The molecule has 0 radical (unpaired) electrons. The second-order valence-electron chi connectivity index (χ2n) is 5.31. The maximum atomic E-state index is 12.0. The average molecular weight is 309 g/mol. The van der Waals surface area contributed by atoms with E-state index in [1.807, 2.05) is 61.0 Å². The number of rotatable bonds is 5.